The molecule has 1 aromatic heterocycles. The van der Waals surface area contributed by atoms with Gasteiger partial charge in [-0.25, -0.2) is 4.98 Å². The van der Waals surface area contributed by atoms with Crippen molar-refractivity contribution in [3.63, 3.8) is 0 Å². The lowest BCUT2D eigenvalue weighted by Gasteiger charge is -2.21. The zero-order valence-electron chi connectivity index (χ0n) is 11.5. The first kappa shape index (κ1) is 12.4. The molecule has 1 aliphatic rings. The van der Waals surface area contributed by atoms with Crippen LogP contribution in [0.4, 0.5) is 5.82 Å². The van der Waals surface area contributed by atoms with Crippen molar-refractivity contribution in [2.75, 3.05) is 18.5 Å². The number of anilines is 1. The highest BCUT2D eigenvalue weighted by molar-refractivity contribution is 5.81. The minimum Gasteiger partial charge on any atom is -0.392 e. The summed E-state index contributed by atoms with van der Waals surface area (Å²) in [5.74, 6) is 2.53. The number of pyridine rings is 1. The van der Waals surface area contributed by atoms with Crippen molar-refractivity contribution in [3.05, 3.63) is 35.9 Å². The van der Waals surface area contributed by atoms with E-state index in [-0.39, 0.29) is 6.61 Å². The Morgan fingerprint density at radius 3 is 2.79 bits per heavy atom. The maximum absolute atomic E-state index is 9.56. The van der Waals surface area contributed by atoms with E-state index >= 15 is 0 Å². The summed E-state index contributed by atoms with van der Waals surface area (Å²) in [5, 5.41) is 10.6. The van der Waals surface area contributed by atoms with Gasteiger partial charge in [0.05, 0.1) is 12.1 Å². The highest BCUT2D eigenvalue weighted by atomic mass is 16.3. The Labute approximate surface area is 113 Å². The second-order valence-electron chi connectivity index (χ2n) is 5.68. The number of aliphatic hydroxyl groups is 1. The van der Waals surface area contributed by atoms with Crippen LogP contribution < -0.4 is 4.90 Å². The molecule has 3 nitrogen and oxygen atoms in total. The predicted molar refractivity (Wildman–Crippen MR) is 78.2 cm³/mol. The Morgan fingerprint density at radius 1 is 1.37 bits per heavy atom. The second kappa shape index (κ2) is 4.82. The van der Waals surface area contributed by atoms with Crippen LogP contribution in [0.25, 0.3) is 10.9 Å². The molecule has 1 N–H and O–H groups in total. The molecule has 2 unspecified atom stereocenters. The molecule has 0 bridgehead atoms. The van der Waals surface area contributed by atoms with Crippen molar-refractivity contribution in [2.24, 2.45) is 11.8 Å². The van der Waals surface area contributed by atoms with Crippen LogP contribution in [-0.4, -0.2) is 23.7 Å². The van der Waals surface area contributed by atoms with Gasteiger partial charge in [0, 0.05) is 24.5 Å². The Bertz CT molecular complexity index is 596. The largest absolute Gasteiger partial charge is 0.392 e. The van der Waals surface area contributed by atoms with Crippen LogP contribution in [0, 0.1) is 11.8 Å². The van der Waals surface area contributed by atoms with Gasteiger partial charge in [0.2, 0.25) is 0 Å². The number of hydrogen-bond acceptors (Lipinski definition) is 3. The van der Waals surface area contributed by atoms with Gasteiger partial charge in [0.25, 0.3) is 0 Å². The summed E-state index contributed by atoms with van der Waals surface area (Å²) in [6.07, 6.45) is 1.31. The molecule has 19 heavy (non-hydrogen) atoms. The van der Waals surface area contributed by atoms with Crippen LogP contribution in [-0.2, 0) is 6.61 Å². The third-order valence-electron chi connectivity index (χ3n) is 4.10. The highest BCUT2D eigenvalue weighted by Gasteiger charge is 2.33. The summed E-state index contributed by atoms with van der Waals surface area (Å²) in [4.78, 5) is 6.90. The van der Waals surface area contributed by atoms with Crippen molar-refractivity contribution in [1.29, 1.82) is 0 Å². The Morgan fingerprint density at radius 2 is 2.11 bits per heavy atom. The minimum atomic E-state index is 0.0394. The normalized spacial score (nSPS) is 21.6. The van der Waals surface area contributed by atoms with Gasteiger partial charge in [-0.05, 0) is 30.4 Å². The molecule has 0 amide bonds. The smallest absolute Gasteiger partial charge is 0.134 e. The molecule has 2 aromatic rings. The Kier molecular flexibility index (Phi) is 3.15. The fourth-order valence-electron chi connectivity index (χ4n) is 2.69. The van der Waals surface area contributed by atoms with Crippen LogP contribution in [0.15, 0.2) is 30.3 Å². The molecule has 1 heterocycles. The SMILES string of the molecule is CC1CC1CN(C)c1nc2ccccc2cc1CO. The predicted octanol–water partition coefficient (Wildman–Crippen LogP) is 2.82. The van der Waals surface area contributed by atoms with Crippen molar-refractivity contribution in [3.8, 4) is 0 Å². The quantitative estimate of drug-likeness (QED) is 0.913. The van der Waals surface area contributed by atoms with Crippen LogP contribution >= 0.6 is 0 Å². The molecular formula is C16H20N2O. The lowest BCUT2D eigenvalue weighted by atomic mass is 10.1. The summed E-state index contributed by atoms with van der Waals surface area (Å²) >= 11 is 0. The van der Waals surface area contributed by atoms with Crippen molar-refractivity contribution in [2.45, 2.75) is 20.0 Å². The average Bonchev–Trinajstić information content (AvgIpc) is 3.12. The summed E-state index contributed by atoms with van der Waals surface area (Å²) < 4.78 is 0. The summed E-state index contributed by atoms with van der Waals surface area (Å²) in [5.41, 5.74) is 1.90. The lowest BCUT2D eigenvalue weighted by Crippen LogP contribution is -2.23. The number of aliphatic hydroxyl groups excluding tert-OH is 1. The molecule has 0 spiro atoms. The first-order valence-electron chi connectivity index (χ1n) is 6.89. The molecule has 2 atom stereocenters. The lowest BCUT2D eigenvalue weighted by molar-refractivity contribution is 0.282. The zero-order valence-corrected chi connectivity index (χ0v) is 11.5. The van der Waals surface area contributed by atoms with Gasteiger partial charge in [-0.2, -0.15) is 0 Å². The maximum atomic E-state index is 9.56. The van der Waals surface area contributed by atoms with Gasteiger partial charge in [-0.15, -0.1) is 0 Å². The van der Waals surface area contributed by atoms with Crippen LogP contribution in [0.5, 0.6) is 0 Å². The number of para-hydroxylation sites is 1. The number of benzene rings is 1. The van der Waals surface area contributed by atoms with Gasteiger partial charge in [-0.3, -0.25) is 0 Å². The van der Waals surface area contributed by atoms with E-state index in [9.17, 15) is 5.11 Å². The topological polar surface area (TPSA) is 36.4 Å². The fourth-order valence-corrected chi connectivity index (χ4v) is 2.69. The molecule has 1 aromatic carbocycles. The van der Waals surface area contributed by atoms with Crippen molar-refractivity contribution in [1.82, 2.24) is 4.98 Å². The van der Waals surface area contributed by atoms with Gasteiger partial charge in [-0.1, -0.05) is 25.1 Å². The Hall–Kier alpha value is -1.61. The van der Waals surface area contributed by atoms with E-state index in [0.717, 1.165) is 40.7 Å². The number of fused-ring (bicyclic) bond motifs is 1. The highest BCUT2D eigenvalue weighted by Crippen LogP contribution is 2.39. The molecule has 0 aliphatic heterocycles. The first-order chi connectivity index (χ1) is 9.19. The first-order valence-corrected chi connectivity index (χ1v) is 6.89. The van der Waals surface area contributed by atoms with E-state index < -0.39 is 0 Å². The molecule has 1 aliphatic carbocycles. The van der Waals surface area contributed by atoms with Crippen molar-refractivity contribution >= 4 is 16.7 Å². The molecule has 3 rings (SSSR count). The van der Waals surface area contributed by atoms with Gasteiger partial charge < -0.3 is 10.0 Å². The van der Waals surface area contributed by atoms with E-state index in [4.69, 9.17) is 4.98 Å². The zero-order chi connectivity index (χ0) is 13.4. The van der Waals surface area contributed by atoms with Crippen molar-refractivity contribution < 1.29 is 5.11 Å². The van der Waals surface area contributed by atoms with E-state index in [1.807, 2.05) is 30.3 Å². The summed E-state index contributed by atoms with van der Waals surface area (Å²) in [7, 11) is 2.07. The molecule has 0 saturated heterocycles. The van der Waals surface area contributed by atoms with Crippen LogP contribution in [0.1, 0.15) is 18.9 Å². The van der Waals surface area contributed by atoms with Gasteiger partial charge in [0.15, 0.2) is 0 Å². The van der Waals surface area contributed by atoms with Crippen LogP contribution in [0.2, 0.25) is 0 Å². The number of hydrogen-bond donors (Lipinski definition) is 1. The van der Waals surface area contributed by atoms with E-state index in [0.29, 0.717) is 0 Å². The molecule has 3 heteroatoms. The fraction of sp³-hybridized carbons (Fsp3) is 0.438. The van der Waals surface area contributed by atoms with Gasteiger partial charge >= 0.3 is 0 Å². The summed E-state index contributed by atoms with van der Waals surface area (Å²) in [6.45, 7) is 3.36. The standard InChI is InChI=1S/C16H20N2O/c1-11-7-13(11)9-18(2)16-14(10-19)8-12-5-3-4-6-15(12)17-16/h3-6,8,11,13,19H,7,9-10H2,1-2H3. The molecule has 1 fully saturated rings. The molecule has 0 radical (unpaired) electrons. The Balaban J connectivity index is 1.95. The second-order valence-corrected chi connectivity index (χ2v) is 5.68. The van der Waals surface area contributed by atoms with E-state index in [2.05, 4.69) is 18.9 Å². The third-order valence-corrected chi connectivity index (χ3v) is 4.10. The third kappa shape index (κ3) is 2.43. The summed E-state index contributed by atoms with van der Waals surface area (Å²) in [6, 6.07) is 10.1. The number of nitrogens with zero attached hydrogens (tertiary/aromatic N) is 2. The van der Waals surface area contributed by atoms with Crippen LogP contribution in [0.3, 0.4) is 0 Å². The number of rotatable bonds is 4. The maximum Gasteiger partial charge on any atom is 0.134 e. The number of aromatic nitrogens is 1. The van der Waals surface area contributed by atoms with E-state index in [1.54, 1.807) is 0 Å². The monoisotopic (exact) mass is 256 g/mol. The molecule has 1 saturated carbocycles. The minimum absolute atomic E-state index is 0.0394. The molecular weight excluding hydrogens is 236 g/mol. The van der Waals surface area contributed by atoms with Gasteiger partial charge in [0.1, 0.15) is 5.82 Å². The molecule has 100 valence electrons. The average molecular weight is 256 g/mol. The van der Waals surface area contributed by atoms with E-state index in [1.165, 1.54) is 6.42 Å².